The summed E-state index contributed by atoms with van der Waals surface area (Å²) in [5.74, 6) is -0.472. The average Bonchev–Trinajstić information content (AvgIpc) is 3.18. The van der Waals surface area contributed by atoms with Crippen molar-refractivity contribution < 1.29 is 18.7 Å². The molecule has 1 spiro atoms. The van der Waals surface area contributed by atoms with E-state index in [2.05, 4.69) is 9.97 Å². The van der Waals surface area contributed by atoms with Gasteiger partial charge in [0.05, 0.1) is 26.0 Å². The molecule has 0 saturated carbocycles. The van der Waals surface area contributed by atoms with Crippen LogP contribution in [0.4, 0.5) is 4.39 Å². The Balaban J connectivity index is 1.38. The number of likely N-dealkylation sites (tertiary alicyclic amines) is 1. The molecule has 2 saturated heterocycles. The lowest BCUT2D eigenvalue weighted by molar-refractivity contribution is -0.122. The predicted molar refractivity (Wildman–Crippen MR) is 85.6 cm³/mol. The molecule has 0 aromatic carbocycles. The molecule has 2 aromatic rings. The number of hydrogen-bond donors (Lipinski definition) is 0. The van der Waals surface area contributed by atoms with Gasteiger partial charge in [0.15, 0.2) is 5.82 Å². The number of aromatic nitrogens is 3. The molecular formula is C17H19FN4O3. The highest BCUT2D eigenvalue weighted by molar-refractivity contribution is 5.92. The Morgan fingerprint density at radius 2 is 2.32 bits per heavy atom. The molecule has 2 aromatic heterocycles. The molecule has 1 atom stereocenters. The van der Waals surface area contributed by atoms with E-state index < -0.39 is 11.4 Å². The van der Waals surface area contributed by atoms with Gasteiger partial charge in [-0.2, -0.15) is 0 Å². The van der Waals surface area contributed by atoms with Crippen LogP contribution < -0.4 is 4.74 Å². The maximum Gasteiger partial charge on any atom is 0.274 e. The molecule has 2 aliphatic heterocycles. The van der Waals surface area contributed by atoms with Gasteiger partial charge in [-0.3, -0.25) is 4.79 Å². The SMILES string of the molecule is Cn1cnc(C(=O)N2CC3(C2)OCC[C@@H]3COc2ncccc2F)c1. The highest BCUT2D eigenvalue weighted by Gasteiger charge is 2.55. The highest BCUT2D eigenvalue weighted by Crippen LogP contribution is 2.40. The number of pyridine rings is 1. The van der Waals surface area contributed by atoms with E-state index in [1.165, 1.54) is 18.3 Å². The number of ether oxygens (including phenoxy) is 2. The number of halogens is 1. The van der Waals surface area contributed by atoms with Gasteiger partial charge >= 0.3 is 0 Å². The monoisotopic (exact) mass is 346 g/mol. The Bertz CT molecular complexity index is 788. The van der Waals surface area contributed by atoms with E-state index in [-0.39, 0.29) is 17.7 Å². The molecule has 7 nitrogen and oxygen atoms in total. The molecule has 2 aliphatic rings. The van der Waals surface area contributed by atoms with Crippen LogP contribution in [0, 0.1) is 11.7 Å². The maximum atomic E-state index is 13.6. The zero-order valence-corrected chi connectivity index (χ0v) is 13.9. The first-order valence-electron chi connectivity index (χ1n) is 8.22. The third-order valence-electron chi connectivity index (χ3n) is 4.87. The fourth-order valence-corrected chi connectivity index (χ4v) is 3.46. The van der Waals surface area contributed by atoms with E-state index in [4.69, 9.17) is 9.47 Å². The molecule has 0 N–H and O–H groups in total. The summed E-state index contributed by atoms with van der Waals surface area (Å²) < 4.78 is 26.8. The minimum absolute atomic E-state index is 0.00490. The number of hydrogen-bond acceptors (Lipinski definition) is 5. The van der Waals surface area contributed by atoms with E-state index in [0.717, 1.165) is 6.42 Å². The van der Waals surface area contributed by atoms with Crippen molar-refractivity contribution in [3.8, 4) is 5.88 Å². The second kappa shape index (κ2) is 6.11. The number of nitrogens with zero attached hydrogens (tertiary/aromatic N) is 4. The molecule has 0 aliphatic carbocycles. The largest absolute Gasteiger partial charge is 0.475 e. The van der Waals surface area contributed by atoms with Gasteiger partial charge in [0.25, 0.3) is 5.91 Å². The van der Waals surface area contributed by atoms with Crippen molar-refractivity contribution in [1.82, 2.24) is 19.4 Å². The number of rotatable bonds is 4. The molecule has 1 amide bonds. The van der Waals surface area contributed by atoms with Crippen LogP contribution in [0.25, 0.3) is 0 Å². The van der Waals surface area contributed by atoms with Gasteiger partial charge in [-0.1, -0.05) is 0 Å². The minimum Gasteiger partial charge on any atom is -0.475 e. The summed E-state index contributed by atoms with van der Waals surface area (Å²) in [4.78, 5) is 22.1. The first kappa shape index (κ1) is 16.0. The normalized spacial score (nSPS) is 21.4. The zero-order chi connectivity index (χ0) is 17.4. The number of carbonyl (C=O) groups is 1. The zero-order valence-electron chi connectivity index (χ0n) is 13.9. The lowest BCUT2D eigenvalue weighted by Crippen LogP contribution is -2.66. The molecule has 8 heteroatoms. The summed E-state index contributed by atoms with van der Waals surface area (Å²) in [7, 11) is 1.82. The maximum absolute atomic E-state index is 13.6. The second-order valence-electron chi connectivity index (χ2n) is 6.59. The van der Waals surface area contributed by atoms with E-state index >= 15 is 0 Å². The third-order valence-corrected chi connectivity index (χ3v) is 4.87. The molecule has 2 fully saturated rings. The molecule has 132 valence electrons. The second-order valence-corrected chi connectivity index (χ2v) is 6.59. The highest BCUT2D eigenvalue weighted by atomic mass is 19.1. The first-order valence-corrected chi connectivity index (χ1v) is 8.22. The van der Waals surface area contributed by atoms with E-state index in [9.17, 15) is 9.18 Å². The number of carbonyl (C=O) groups excluding carboxylic acids is 1. The quantitative estimate of drug-likeness (QED) is 0.834. The van der Waals surface area contributed by atoms with Crippen LogP contribution in [0.15, 0.2) is 30.9 Å². The number of amides is 1. The number of aryl methyl sites for hydroxylation is 1. The van der Waals surface area contributed by atoms with Crippen molar-refractivity contribution in [2.45, 2.75) is 12.0 Å². The van der Waals surface area contributed by atoms with Gasteiger partial charge in [-0.25, -0.2) is 14.4 Å². The Morgan fingerprint density at radius 3 is 3.04 bits per heavy atom. The van der Waals surface area contributed by atoms with Gasteiger partial charge in [0.2, 0.25) is 5.88 Å². The van der Waals surface area contributed by atoms with E-state index in [1.807, 2.05) is 7.05 Å². The Hall–Kier alpha value is -2.48. The fourth-order valence-electron chi connectivity index (χ4n) is 3.46. The van der Waals surface area contributed by atoms with E-state index in [1.54, 1.807) is 22.0 Å². The average molecular weight is 346 g/mol. The van der Waals surface area contributed by atoms with Crippen molar-refractivity contribution in [1.29, 1.82) is 0 Å². The summed E-state index contributed by atoms with van der Waals surface area (Å²) in [5.41, 5.74) is 0.0223. The summed E-state index contributed by atoms with van der Waals surface area (Å²) in [6.07, 6.45) is 5.62. The predicted octanol–water partition coefficient (Wildman–Crippen LogP) is 1.26. The van der Waals surface area contributed by atoms with Crippen LogP contribution >= 0.6 is 0 Å². The van der Waals surface area contributed by atoms with Crippen LogP contribution in [-0.4, -0.2) is 57.2 Å². The van der Waals surface area contributed by atoms with Crippen molar-refractivity contribution in [2.75, 3.05) is 26.3 Å². The van der Waals surface area contributed by atoms with E-state index in [0.29, 0.717) is 32.0 Å². The molecule has 0 radical (unpaired) electrons. The van der Waals surface area contributed by atoms with Crippen LogP contribution in [-0.2, 0) is 11.8 Å². The van der Waals surface area contributed by atoms with Crippen molar-refractivity contribution in [3.05, 3.63) is 42.4 Å². The summed E-state index contributed by atoms with van der Waals surface area (Å²) in [6.45, 7) is 1.94. The number of imidazole rings is 1. The lowest BCUT2D eigenvalue weighted by atomic mass is 9.81. The first-order chi connectivity index (χ1) is 12.1. The molecule has 0 bridgehead atoms. The summed E-state index contributed by atoms with van der Waals surface area (Å²) >= 11 is 0. The third kappa shape index (κ3) is 2.86. The van der Waals surface area contributed by atoms with Crippen molar-refractivity contribution in [2.24, 2.45) is 13.0 Å². The minimum atomic E-state index is -0.476. The molecule has 4 heterocycles. The Kier molecular flexibility index (Phi) is 3.91. The standard InChI is InChI=1S/C17H19FN4O3/c1-21-7-14(20-11-21)16(23)22-9-17(10-22)12(4-6-25-17)8-24-15-13(18)3-2-5-19-15/h2-3,5,7,11-12H,4,6,8-10H2,1H3/t12-/m1/s1. The summed E-state index contributed by atoms with van der Waals surface area (Å²) in [6, 6.07) is 2.84. The van der Waals surface area contributed by atoms with Crippen LogP contribution in [0.1, 0.15) is 16.9 Å². The lowest BCUT2D eigenvalue weighted by Gasteiger charge is -2.49. The van der Waals surface area contributed by atoms with Gasteiger partial charge in [0, 0.05) is 32.0 Å². The van der Waals surface area contributed by atoms with Crippen molar-refractivity contribution in [3.63, 3.8) is 0 Å². The van der Waals surface area contributed by atoms with Crippen LogP contribution in [0.5, 0.6) is 5.88 Å². The molecule has 0 unspecified atom stereocenters. The smallest absolute Gasteiger partial charge is 0.274 e. The Morgan fingerprint density at radius 1 is 1.48 bits per heavy atom. The molecule has 25 heavy (non-hydrogen) atoms. The molecule has 4 rings (SSSR count). The Labute approximate surface area is 144 Å². The van der Waals surface area contributed by atoms with Crippen molar-refractivity contribution >= 4 is 5.91 Å². The summed E-state index contributed by atoms with van der Waals surface area (Å²) in [5, 5.41) is 0. The van der Waals surface area contributed by atoms with Gasteiger partial charge in [0.1, 0.15) is 11.3 Å². The van der Waals surface area contributed by atoms with Gasteiger partial charge in [-0.05, 0) is 18.6 Å². The topological polar surface area (TPSA) is 69.5 Å². The molecular weight excluding hydrogens is 327 g/mol. The van der Waals surface area contributed by atoms with Crippen LogP contribution in [0.2, 0.25) is 0 Å². The van der Waals surface area contributed by atoms with Gasteiger partial charge in [-0.15, -0.1) is 0 Å². The van der Waals surface area contributed by atoms with Gasteiger partial charge < -0.3 is 18.9 Å². The fraction of sp³-hybridized carbons (Fsp3) is 0.471. The van der Waals surface area contributed by atoms with Crippen LogP contribution in [0.3, 0.4) is 0 Å².